The summed E-state index contributed by atoms with van der Waals surface area (Å²) in [6.07, 6.45) is 2.50. The third-order valence-corrected chi connectivity index (χ3v) is 4.58. The summed E-state index contributed by atoms with van der Waals surface area (Å²) in [7, 11) is 1.36. The van der Waals surface area contributed by atoms with E-state index < -0.39 is 6.04 Å². The topological polar surface area (TPSA) is 46.6 Å². The van der Waals surface area contributed by atoms with E-state index >= 15 is 0 Å². The third-order valence-electron chi connectivity index (χ3n) is 3.40. The summed E-state index contributed by atoms with van der Waals surface area (Å²) in [6, 6.07) is 4.95. The summed E-state index contributed by atoms with van der Waals surface area (Å²) in [4.78, 5) is 26.1. The van der Waals surface area contributed by atoms with Gasteiger partial charge in [-0.1, -0.05) is 15.9 Å². The standard InChI is InChI=1S/C14H15Br2NO3/c1-20-14(19)12-4-2-3-7-17(12)13(18)10-8-9(15)5-6-11(10)16/h5-6,8,12H,2-4,7H2,1H3. The molecular weight excluding hydrogens is 390 g/mol. The van der Waals surface area contributed by atoms with Crippen LogP contribution in [-0.2, 0) is 9.53 Å². The smallest absolute Gasteiger partial charge is 0.328 e. The number of likely N-dealkylation sites (tertiary alicyclic amines) is 1. The first-order chi connectivity index (χ1) is 9.54. The van der Waals surface area contributed by atoms with Crippen LogP contribution in [0, 0.1) is 0 Å². The van der Waals surface area contributed by atoms with E-state index in [9.17, 15) is 9.59 Å². The molecule has 108 valence electrons. The average Bonchev–Trinajstić information content (AvgIpc) is 2.48. The number of esters is 1. The van der Waals surface area contributed by atoms with E-state index in [0.717, 1.165) is 21.8 Å². The summed E-state index contributed by atoms with van der Waals surface area (Å²) in [5.41, 5.74) is 0.551. The van der Waals surface area contributed by atoms with Crippen molar-refractivity contribution < 1.29 is 14.3 Å². The SMILES string of the molecule is COC(=O)C1CCCCN1C(=O)c1cc(Br)ccc1Br. The number of methoxy groups -OCH3 is 1. The predicted octanol–water partition coefficient (Wildman–Crippen LogP) is 3.38. The Kier molecular flexibility index (Phi) is 5.21. The number of hydrogen-bond donors (Lipinski definition) is 0. The first-order valence-corrected chi connectivity index (χ1v) is 7.97. The first kappa shape index (κ1) is 15.5. The van der Waals surface area contributed by atoms with Crippen LogP contribution in [0.4, 0.5) is 0 Å². The second kappa shape index (κ2) is 6.72. The van der Waals surface area contributed by atoms with Crippen LogP contribution in [0.1, 0.15) is 29.6 Å². The largest absolute Gasteiger partial charge is 0.467 e. The maximum Gasteiger partial charge on any atom is 0.328 e. The molecular formula is C14H15Br2NO3. The Hall–Kier alpha value is -0.880. The minimum absolute atomic E-state index is 0.145. The highest BCUT2D eigenvalue weighted by molar-refractivity contribution is 9.11. The zero-order chi connectivity index (χ0) is 14.7. The van der Waals surface area contributed by atoms with Gasteiger partial charge < -0.3 is 9.64 Å². The van der Waals surface area contributed by atoms with Gasteiger partial charge in [-0.25, -0.2) is 4.79 Å². The molecule has 1 fully saturated rings. The number of benzene rings is 1. The zero-order valence-electron chi connectivity index (χ0n) is 11.1. The van der Waals surface area contributed by atoms with Crippen molar-refractivity contribution in [2.75, 3.05) is 13.7 Å². The van der Waals surface area contributed by atoms with Crippen LogP contribution < -0.4 is 0 Å². The molecule has 0 bridgehead atoms. The van der Waals surface area contributed by atoms with E-state index in [2.05, 4.69) is 31.9 Å². The van der Waals surface area contributed by atoms with Crippen molar-refractivity contribution in [3.8, 4) is 0 Å². The molecule has 0 saturated carbocycles. The lowest BCUT2D eigenvalue weighted by molar-refractivity contribution is -0.147. The lowest BCUT2D eigenvalue weighted by atomic mass is 10.0. The summed E-state index contributed by atoms with van der Waals surface area (Å²) >= 11 is 6.75. The van der Waals surface area contributed by atoms with Crippen molar-refractivity contribution >= 4 is 43.7 Å². The van der Waals surface area contributed by atoms with E-state index in [4.69, 9.17) is 4.74 Å². The molecule has 1 unspecified atom stereocenters. The quantitative estimate of drug-likeness (QED) is 0.710. The van der Waals surface area contributed by atoms with Gasteiger partial charge in [0.15, 0.2) is 0 Å². The molecule has 4 nitrogen and oxygen atoms in total. The van der Waals surface area contributed by atoms with Crippen molar-refractivity contribution in [1.29, 1.82) is 0 Å². The van der Waals surface area contributed by atoms with Crippen molar-refractivity contribution in [1.82, 2.24) is 4.90 Å². The normalized spacial score (nSPS) is 18.8. The lowest BCUT2D eigenvalue weighted by Gasteiger charge is -2.34. The number of nitrogens with zero attached hydrogens (tertiary/aromatic N) is 1. The highest BCUT2D eigenvalue weighted by Gasteiger charge is 2.33. The van der Waals surface area contributed by atoms with Crippen LogP contribution in [0.25, 0.3) is 0 Å². The minimum Gasteiger partial charge on any atom is -0.467 e. The molecule has 2 rings (SSSR count). The van der Waals surface area contributed by atoms with Crippen LogP contribution in [0.5, 0.6) is 0 Å². The van der Waals surface area contributed by atoms with Crippen molar-refractivity contribution in [3.05, 3.63) is 32.7 Å². The molecule has 20 heavy (non-hydrogen) atoms. The van der Waals surface area contributed by atoms with Gasteiger partial charge in [-0.05, 0) is 53.4 Å². The predicted molar refractivity (Wildman–Crippen MR) is 82.5 cm³/mol. The number of carbonyl (C=O) groups is 2. The summed E-state index contributed by atoms with van der Waals surface area (Å²) in [5.74, 6) is -0.488. The fourth-order valence-corrected chi connectivity index (χ4v) is 3.15. The second-order valence-electron chi connectivity index (χ2n) is 4.66. The summed E-state index contributed by atoms with van der Waals surface area (Å²) in [6.45, 7) is 0.581. The van der Waals surface area contributed by atoms with Gasteiger partial charge >= 0.3 is 5.97 Å². The fraction of sp³-hybridized carbons (Fsp3) is 0.429. The lowest BCUT2D eigenvalue weighted by Crippen LogP contribution is -2.48. The summed E-state index contributed by atoms with van der Waals surface area (Å²) in [5, 5.41) is 0. The molecule has 0 N–H and O–H groups in total. The van der Waals surface area contributed by atoms with E-state index in [0.29, 0.717) is 18.5 Å². The number of amides is 1. The Morgan fingerprint density at radius 3 is 2.75 bits per heavy atom. The van der Waals surface area contributed by atoms with Gasteiger partial charge in [-0.3, -0.25) is 4.79 Å². The molecule has 0 radical (unpaired) electrons. The number of piperidine rings is 1. The van der Waals surface area contributed by atoms with Gasteiger partial charge in [0.25, 0.3) is 5.91 Å². The number of carbonyl (C=O) groups excluding carboxylic acids is 2. The molecule has 0 spiro atoms. The van der Waals surface area contributed by atoms with E-state index in [1.54, 1.807) is 11.0 Å². The van der Waals surface area contributed by atoms with Crippen LogP contribution in [0.3, 0.4) is 0 Å². The molecule has 1 atom stereocenters. The Morgan fingerprint density at radius 1 is 1.30 bits per heavy atom. The van der Waals surface area contributed by atoms with Gasteiger partial charge in [-0.15, -0.1) is 0 Å². The number of ether oxygens (including phenoxy) is 1. The molecule has 1 aromatic rings. The molecule has 1 amide bonds. The van der Waals surface area contributed by atoms with Crippen LogP contribution in [0.2, 0.25) is 0 Å². The summed E-state index contributed by atoms with van der Waals surface area (Å²) < 4.78 is 6.36. The second-order valence-corrected chi connectivity index (χ2v) is 6.43. The van der Waals surface area contributed by atoms with Gasteiger partial charge in [0.05, 0.1) is 12.7 Å². The van der Waals surface area contributed by atoms with E-state index in [-0.39, 0.29) is 11.9 Å². The van der Waals surface area contributed by atoms with Crippen LogP contribution in [0.15, 0.2) is 27.1 Å². The van der Waals surface area contributed by atoms with E-state index in [1.807, 2.05) is 12.1 Å². The molecule has 6 heteroatoms. The highest BCUT2D eigenvalue weighted by atomic mass is 79.9. The minimum atomic E-state index is -0.480. The van der Waals surface area contributed by atoms with Crippen LogP contribution >= 0.6 is 31.9 Å². The highest BCUT2D eigenvalue weighted by Crippen LogP contribution is 2.26. The molecule has 1 aliphatic rings. The van der Waals surface area contributed by atoms with Crippen molar-refractivity contribution in [2.45, 2.75) is 25.3 Å². The Morgan fingerprint density at radius 2 is 2.05 bits per heavy atom. The molecule has 1 heterocycles. The van der Waals surface area contributed by atoms with Gasteiger partial charge in [0, 0.05) is 15.5 Å². The zero-order valence-corrected chi connectivity index (χ0v) is 14.2. The van der Waals surface area contributed by atoms with Gasteiger partial charge in [0.2, 0.25) is 0 Å². The van der Waals surface area contributed by atoms with Gasteiger partial charge in [-0.2, -0.15) is 0 Å². The number of halogens is 2. The number of hydrogen-bond acceptors (Lipinski definition) is 3. The molecule has 0 aromatic heterocycles. The Balaban J connectivity index is 2.30. The fourth-order valence-electron chi connectivity index (χ4n) is 2.37. The first-order valence-electron chi connectivity index (χ1n) is 6.38. The van der Waals surface area contributed by atoms with Gasteiger partial charge in [0.1, 0.15) is 6.04 Å². The van der Waals surface area contributed by atoms with Crippen LogP contribution in [-0.4, -0.2) is 36.5 Å². The molecule has 0 aliphatic carbocycles. The Bertz CT molecular complexity index is 533. The van der Waals surface area contributed by atoms with Crippen molar-refractivity contribution in [3.63, 3.8) is 0 Å². The molecule has 1 aromatic carbocycles. The van der Waals surface area contributed by atoms with Crippen molar-refractivity contribution in [2.24, 2.45) is 0 Å². The molecule has 1 aliphatic heterocycles. The maximum absolute atomic E-state index is 12.7. The maximum atomic E-state index is 12.7. The Labute approximate surface area is 134 Å². The molecule has 1 saturated heterocycles. The monoisotopic (exact) mass is 403 g/mol. The number of rotatable bonds is 2. The average molecular weight is 405 g/mol. The van der Waals surface area contributed by atoms with E-state index in [1.165, 1.54) is 7.11 Å². The third kappa shape index (κ3) is 3.23.